The molecular weight excluding hydrogens is 228 g/mol. The lowest BCUT2D eigenvalue weighted by molar-refractivity contribution is -0.155. The van der Waals surface area contributed by atoms with Crippen LogP contribution in [0, 0.1) is 11.8 Å². The third kappa shape index (κ3) is 8.26. The number of esters is 1. The van der Waals surface area contributed by atoms with Crippen LogP contribution in [0.3, 0.4) is 0 Å². The van der Waals surface area contributed by atoms with Crippen LogP contribution in [-0.4, -0.2) is 17.9 Å². The number of ether oxygens (including phenoxy) is 1. The van der Waals surface area contributed by atoms with Crippen LogP contribution in [-0.2, 0) is 14.3 Å². The van der Waals surface area contributed by atoms with Crippen LogP contribution < -0.4 is 0 Å². The highest BCUT2D eigenvalue weighted by molar-refractivity contribution is 5.97. The first kappa shape index (κ1) is 17.1. The Bertz CT molecular complexity index is 256. The van der Waals surface area contributed by atoms with E-state index in [9.17, 15) is 9.59 Å². The van der Waals surface area contributed by atoms with Crippen molar-refractivity contribution in [3.05, 3.63) is 0 Å². The molecule has 0 aromatic carbocycles. The molecule has 0 aliphatic rings. The Labute approximate surface area is 111 Å². The summed E-state index contributed by atoms with van der Waals surface area (Å²) in [5, 5.41) is 0. The number of ketones is 1. The monoisotopic (exact) mass is 256 g/mol. The van der Waals surface area contributed by atoms with E-state index >= 15 is 0 Å². The Morgan fingerprint density at radius 2 is 1.50 bits per heavy atom. The van der Waals surface area contributed by atoms with E-state index in [2.05, 4.69) is 13.8 Å². The van der Waals surface area contributed by atoms with Gasteiger partial charge in [0.1, 0.15) is 11.7 Å². The lowest BCUT2D eigenvalue weighted by Crippen LogP contribution is -2.26. The van der Waals surface area contributed by atoms with Gasteiger partial charge in [-0.2, -0.15) is 0 Å². The summed E-state index contributed by atoms with van der Waals surface area (Å²) in [6.45, 7) is 9.49. The van der Waals surface area contributed by atoms with Crippen LogP contribution in [0.5, 0.6) is 0 Å². The van der Waals surface area contributed by atoms with Crippen LogP contribution >= 0.6 is 0 Å². The number of carbonyl (C=O) groups is 2. The number of Topliss-reactive ketones (excluding diaryl/α,β-unsaturated/α-hetero) is 1. The van der Waals surface area contributed by atoms with Crippen molar-refractivity contribution in [3.63, 3.8) is 0 Å². The van der Waals surface area contributed by atoms with Gasteiger partial charge in [-0.3, -0.25) is 9.59 Å². The van der Waals surface area contributed by atoms with Crippen molar-refractivity contribution in [1.82, 2.24) is 0 Å². The summed E-state index contributed by atoms with van der Waals surface area (Å²) >= 11 is 0. The zero-order chi connectivity index (χ0) is 14.1. The van der Waals surface area contributed by atoms with Crippen molar-refractivity contribution >= 4 is 11.8 Å². The molecule has 1 atom stereocenters. The molecule has 0 aliphatic carbocycles. The normalized spacial score (nSPS) is 12.8. The van der Waals surface area contributed by atoms with Crippen molar-refractivity contribution in [1.29, 1.82) is 0 Å². The maximum absolute atomic E-state index is 11.7. The predicted molar refractivity (Wildman–Crippen MR) is 73.3 cm³/mol. The third-order valence-corrected chi connectivity index (χ3v) is 2.90. The van der Waals surface area contributed by atoms with Gasteiger partial charge in [0, 0.05) is 0 Å². The molecule has 1 unspecified atom stereocenters. The average Bonchev–Trinajstić information content (AvgIpc) is 2.20. The summed E-state index contributed by atoms with van der Waals surface area (Å²) in [5.41, 5.74) is 0. The van der Waals surface area contributed by atoms with Gasteiger partial charge in [0.25, 0.3) is 0 Å². The van der Waals surface area contributed by atoms with Gasteiger partial charge in [-0.1, -0.05) is 39.5 Å². The molecule has 0 heterocycles. The minimum absolute atomic E-state index is 0.0792. The Morgan fingerprint density at radius 1 is 0.944 bits per heavy atom. The van der Waals surface area contributed by atoms with E-state index in [1.165, 1.54) is 19.8 Å². The molecule has 3 nitrogen and oxygen atoms in total. The molecule has 18 heavy (non-hydrogen) atoms. The molecule has 0 aromatic heterocycles. The molecule has 0 aliphatic heterocycles. The summed E-state index contributed by atoms with van der Waals surface area (Å²) in [7, 11) is 0. The third-order valence-electron chi connectivity index (χ3n) is 2.90. The highest BCUT2D eigenvalue weighted by Crippen LogP contribution is 2.16. The van der Waals surface area contributed by atoms with Crippen molar-refractivity contribution in [2.75, 3.05) is 0 Å². The molecule has 0 saturated heterocycles. The number of rotatable bonds is 9. The minimum atomic E-state index is -0.563. The van der Waals surface area contributed by atoms with Crippen LogP contribution in [0.2, 0.25) is 0 Å². The standard InChI is InChI=1S/C15H28O3/c1-11(2)9-7-6-8-10-14(13(5)16)15(17)18-12(3)4/h11-12,14H,6-10H2,1-5H3. The summed E-state index contributed by atoms with van der Waals surface area (Å²) in [6, 6.07) is 0. The molecule has 0 amide bonds. The molecular formula is C15H28O3. The topological polar surface area (TPSA) is 43.4 Å². The summed E-state index contributed by atoms with van der Waals surface area (Å²) in [4.78, 5) is 23.2. The smallest absolute Gasteiger partial charge is 0.316 e. The highest BCUT2D eigenvalue weighted by Gasteiger charge is 2.24. The van der Waals surface area contributed by atoms with Crippen LogP contribution in [0.15, 0.2) is 0 Å². The second-order valence-corrected chi connectivity index (χ2v) is 5.68. The van der Waals surface area contributed by atoms with Crippen molar-refractivity contribution < 1.29 is 14.3 Å². The Hall–Kier alpha value is -0.860. The van der Waals surface area contributed by atoms with Gasteiger partial charge in [-0.05, 0) is 33.1 Å². The van der Waals surface area contributed by atoms with Crippen molar-refractivity contribution in [2.24, 2.45) is 11.8 Å². The molecule has 0 N–H and O–H groups in total. The summed E-state index contributed by atoms with van der Waals surface area (Å²) < 4.78 is 5.11. The Morgan fingerprint density at radius 3 is 1.94 bits per heavy atom. The lowest BCUT2D eigenvalue weighted by Gasteiger charge is -2.15. The minimum Gasteiger partial charge on any atom is -0.462 e. The fourth-order valence-electron chi connectivity index (χ4n) is 1.88. The number of carbonyl (C=O) groups excluding carboxylic acids is 2. The van der Waals surface area contributed by atoms with Gasteiger partial charge in [0.15, 0.2) is 0 Å². The van der Waals surface area contributed by atoms with E-state index < -0.39 is 5.92 Å². The van der Waals surface area contributed by atoms with Gasteiger partial charge in [0.2, 0.25) is 0 Å². The number of hydrogen-bond acceptors (Lipinski definition) is 3. The van der Waals surface area contributed by atoms with Crippen molar-refractivity contribution in [2.45, 2.75) is 72.8 Å². The van der Waals surface area contributed by atoms with E-state index in [4.69, 9.17) is 4.74 Å². The van der Waals surface area contributed by atoms with Crippen LogP contribution in [0.25, 0.3) is 0 Å². The molecule has 106 valence electrons. The predicted octanol–water partition coefficient (Wildman–Crippen LogP) is 3.75. The molecule has 0 spiro atoms. The number of hydrogen-bond donors (Lipinski definition) is 0. The summed E-state index contributed by atoms with van der Waals surface area (Å²) in [6.07, 6.45) is 4.85. The second-order valence-electron chi connectivity index (χ2n) is 5.68. The first-order chi connectivity index (χ1) is 8.34. The van der Waals surface area contributed by atoms with Gasteiger partial charge in [-0.25, -0.2) is 0 Å². The van der Waals surface area contributed by atoms with E-state index in [-0.39, 0.29) is 17.9 Å². The fourth-order valence-corrected chi connectivity index (χ4v) is 1.88. The second kappa shape index (κ2) is 9.12. The molecule has 0 aromatic rings. The molecule has 0 saturated carbocycles. The van der Waals surface area contributed by atoms with E-state index in [0.29, 0.717) is 6.42 Å². The quantitative estimate of drug-likeness (QED) is 0.358. The first-order valence-corrected chi connectivity index (χ1v) is 7.05. The first-order valence-electron chi connectivity index (χ1n) is 7.05. The van der Waals surface area contributed by atoms with E-state index in [1.807, 2.05) is 0 Å². The van der Waals surface area contributed by atoms with Crippen LogP contribution in [0.4, 0.5) is 0 Å². The zero-order valence-electron chi connectivity index (χ0n) is 12.5. The van der Waals surface area contributed by atoms with Gasteiger partial charge in [0.05, 0.1) is 6.10 Å². The number of unbranched alkanes of at least 4 members (excludes halogenated alkanes) is 2. The van der Waals surface area contributed by atoms with E-state index in [0.717, 1.165) is 18.8 Å². The molecule has 0 fully saturated rings. The molecule has 3 heteroatoms. The summed E-state index contributed by atoms with van der Waals surface area (Å²) in [5.74, 6) is -0.281. The maximum atomic E-state index is 11.7. The maximum Gasteiger partial charge on any atom is 0.316 e. The Kier molecular flexibility index (Phi) is 8.69. The Balaban J connectivity index is 3.98. The highest BCUT2D eigenvalue weighted by atomic mass is 16.5. The SMILES string of the molecule is CC(=O)C(CCCCCC(C)C)C(=O)OC(C)C. The lowest BCUT2D eigenvalue weighted by atomic mass is 9.96. The molecule has 0 radical (unpaired) electrons. The molecule has 0 rings (SSSR count). The van der Waals surface area contributed by atoms with Gasteiger partial charge < -0.3 is 4.74 Å². The fraction of sp³-hybridized carbons (Fsp3) is 0.867. The van der Waals surface area contributed by atoms with E-state index in [1.54, 1.807) is 13.8 Å². The zero-order valence-corrected chi connectivity index (χ0v) is 12.5. The van der Waals surface area contributed by atoms with Crippen LogP contribution in [0.1, 0.15) is 66.7 Å². The van der Waals surface area contributed by atoms with Crippen molar-refractivity contribution in [3.8, 4) is 0 Å². The van der Waals surface area contributed by atoms with Gasteiger partial charge in [-0.15, -0.1) is 0 Å². The largest absolute Gasteiger partial charge is 0.462 e. The molecule has 0 bridgehead atoms. The average molecular weight is 256 g/mol. The van der Waals surface area contributed by atoms with Gasteiger partial charge >= 0.3 is 5.97 Å².